The molecule has 25 heavy (non-hydrogen) atoms. The summed E-state index contributed by atoms with van der Waals surface area (Å²) in [6.07, 6.45) is 1.08. The number of amides is 1. The minimum absolute atomic E-state index is 0.0798. The number of nitro benzene ring substituents is 1. The molecule has 8 nitrogen and oxygen atoms in total. The second-order valence-electron chi connectivity index (χ2n) is 4.63. The third-order valence-corrected chi connectivity index (χ3v) is 3.42. The number of halogens is 2. The summed E-state index contributed by atoms with van der Waals surface area (Å²) in [6.45, 7) is -0.361. The number of nitrogens with zero attached hydrogens (tertiary/aromatic N) is 2. The maximum absolute atomic E-state index is 11.7. The van der Waals surface area contributed by atoms with Crippen molar-refractivity contribution in [1.29, 1.82) is 0 Å². The number of rotatable bonds is 6. The first-order valence-corrected chi connectivity index (χ1v) is 7.50. The van der Waals surface area contributed by atoms with Gasteiger partial charge in [0, 0.05) is 16.7 Å². The van der Waals surface area contributed by atoms with Crippen molar-refractivity contribution < 1.29 is 19.6 Å². The highest BCUT2D eigenvalue weighted by atomic mass is 35.5. The van der Waals surface area contributed by atoms with Crippen LogP contribution in [-0.2, 0) is 4.79 Å². The number of carbonyl (C=O) groups excluding carboxylic acids is 1. The molecule has 1 amide bonds. The Labute approximate surface area is 151 Å². The molecule has 0 fully saturated rings. The molecule has 10 heteroatoms. The number of hydrogen-bond acceptors (Lipinski definition) is 6. The fraction of sp³-hybridized carbons (Fsp3) is 0.0667. The van der Waals surface area contributed by atoms with Crippen LogP contribution in [0.25, 0.3) is 0 Å². The highest BCUT2D eigenvalue weighted by Gasteiger charge is 2.15. The first-order chi connectivity index (χ1) is 11.9. The molecule has 0 aliphatic rings. The number of benzene rings is 2. The second-order valence-corrected chi connectivity index (χ2v) is 5.47. The van der Waals surface area contributed by atoms with Crippen LogP contribution in [0.5, 0.6) is 11.5 Å². The maximum atomic E-state index is 11.7. The van der Waals surface area contributed by atoms with Gasteiger partial charge in [-0.2, -0.15) is 5.10 Å². The molecule has 0 spiro atoms. The van der Waals surface area contributed by atoms with Gasteiger partial charge in [-0.05, 0) is 24.3 Å². The molecule has 2 rings (SSSR count). The molecule has 0 saturated heterocycles. The van der Waals surface area contributed by atoms with Crippen molar-refractivity contribution in [2.75, 3.05) is 6.61 Å². The number of nitro groups is 1. The zero-order valence-electron chi connectivity index (χ0n) is 12.5. The van der Waals surface area contributed by atoms with E-state index in [1.807, 2.05) is 0 Å². The van der Waals surface area contributed by atoms with E-state index in [0.717, 1.165) is 12.3 Å². The summed E-state index contributed by atoms with van der Waals surface area (Å²) in [5.74, 6) is -0.858. The summed E-state index contributed by atoms with van der Waals surface area (Å²) < 4.78 is 5.22. The zero-order chi connectivity index (χ0) is 18.4. The predicted octanol–water partition coefficient (Wildman–Crippen LogP) is 3.14. The fourth-order valence-corrected chi connectivity index (χ4v) is 2.20. The first-order valence-electron chi connectivity index (χ1n) is 6.74. The highest BCUT2D eigenvalue weighted by molar-refractivity contribution is 6.35. The quantitative estimate of drug-likeness (QED) is 0.451. The van der Waals surface area contributed by atoms with Crippen molar-refractivity contribution in [1.82, 2.24) is 5.43 Å². The van der Waals surface area contributed by atoms with Crippen molar-refractivity contribution in [3.63, 3.8) is 0 Å². The minimum atomic E-state index is -0.727. The number of hydrogen-bond donors (Lipinski definition) is 2. The Morgan fingerprint density at radius 3 is 2.80 bits per heavy atom. The number of aromatic hydroxyl groups is 1. The third-order valence-electron chi connectivity index (χ3n) is 2.89. The van der Waals surface area contributed by atoms with Crippen LogP contribution >= 0.6 is 23.2 Å². The van der Waals surface area contributed by atoms with E-state index < -0.39 is 22.3 Å². The van der Waals surface area contributed by atoms with E-state index in [4.69, 9.17) is 27.9 Å². The molecule has 0 unspecified atom stereocenters. The largest absolute Gasteiger partial charge is 0.502 e. The van der Waals surface area contributed by atoms with Gasteiger partial charge in [-0.1, -0.05) is 29.3 Å². The molecule has 0 heterocycles. The summed E-state index contributed by atoms with van der Waals surface area (Å²) in [4.78, 5) is 21.6. The van der Waals surface area contributed by atoms with Gasteiger partial charge in [-0.15, -0.1) is 0 Å². The summed E-state index contributed by atoms with van der Waals surface area (Å²) in [7, 11) is 0. The lowest BCUT2D eigenvalue weighted by atomic mass is 10.2. The van der Waals surface area contributed by atoms with Crippen molar-refractivity contribution in [2.24, 2.45) is 5.10 Å². The summed E-state index contributed by atoms with van der Waals surface area (Å²) in [6, 6.07) is 8.48. The molecule has 0 bridgehead atoms. The molecule has 0 saturated carbocycles. The lowest BCUT2D eigenvalue weighted by molar-refractivity contribution is -0.385. The zero-order valence-corrected chi connectivity index (χ0v) is 14.0. The molecule has 0 aromatic heterocycles. The van der Waals surface area contributed by atoms with Crippen LogP contribution in [0, 0.1) is 10.1 Å². The molecule has 2 aromatic carbocycles. The smallest absolute Gasteiger partial charge is 0.311 e. The lowest BCUT2D eigenvalue weighted by Crippen LogP contribution is -2.24. The van der Waals surface area contributed by atoms with Gasteiger partial charge < -0.3 is 9.84 Å². The minimum Gasteiger partial charge on any atom is -0.502 e. The van der Waals surface area contributed by atoms with Crippen LogP contribution < -0.4 is 10.2 Å². The van der Waals surface area contributed by atoms with E-state index in [0.29, 0.717) is 5.02 Å². The monoisotopic (exact) mass is 383 g/mol. The second kappa shape index (κ2) is 8.32. The Morgan fingerprint density at radius 1 is 1.36 bits per heavy atom. The summed E-state index contributed by atoms with van der Waals surface area (Å²) >= 11 is 11.7. The molecule has 2 aromatic rings. The van der Waals surface area contributed by atoms with Crippen LogP contribution in [0.2, 0.25) is 10.0 Å². The Morgan fingerprint density at radius 2 is 2.12 bits per heavy atom. The van der Waals surface area contributed by atoms with Crippen LogP contribution in [-0.4, -0.2) is 28.8 Å². The van der Waals surface area contributed by atoms with E-state index >= 15 is 0 Å². The number of phenols is 1. The van der Waals surface area contributed by atoms with Gasteiger partial charge >= 0.3 is 5.69 Å². The van der Waals surface area contributed by atoms with E-state index in [1.165, 1.54) is 24.3 Å². The number of hydrazone groups is 1. The van der Waals surface area contributed by atoms with Gasteiger partial charge in [0.15, 0.2) is 6.61 Å². The van der Waals surface area contributed by atoms with Gasteiger partial charge in [0.1, 0.15) is 5.75 Å². The van der Waals surface area contributed by atoms with E-state index in [1.54, 1.807) is 6.07 Å². The molecule has 0 aliphatic heterocycles. The van der Waals surface area contributed by atoms with Gasteiger partial charge in [-0.25, -0.2) is 5.43 Å². The first kappa shape index (κ1) is 18.5. The third kappa shape index (κ3) is 5.07. The predicted molar refractivity (Wildman–Crippen MR) is 92.5 cm³/mol. The normalized spacial score (nSPS) is 10.6. The van der Waals surface area contributed by atoms with Crippen LogP contribution in [0.3, 0.4) is 0 Å². The Hall–Kier alpha value is -2.84. The standard InChI is InChI=1S/C15H11Cl2N3O5/c16-10-4-5-13(11(17)6-10)25-8-14(21)19-18-7-9-2-1-3-12(15(9)22)20(23)24/h1-7,22H,8H2,(H,19,21)/b18-7-. The van der Waals surface area contributed by atoms with Gasteiger partial charge in [-0.3, -0.25) is 14.9 Å². The van der Waals surface area contributed by atoms with Crippen LogP contribution in [0.4, 0.5) is 5.69 Å². The molecule has 0 atom stereocenters. The maximum Gasteiger partial charge on any atom is 0.311 e. The van der Waals surface area contributed by atoms with Crippen LogP contribution in [0.15, 0.2) is 41.5 Å². The fourth-order valence-electron chi connectivity index (χ4n) is 1.74. The van der Waals surface area contributed by atoms with E-state index in [-0.39, 0.29) is 22.9 Å². The van der Waals surface area contributed by atoms with E-state index in [9.17, 15) is 20.0 Å². The number of ether oxygens (including phenoxy) is 1. The van der Waals surface area contributed by atoms with Crippen LogP contribution in [0.1, 0.15) is 5.56 Å². The van der Waals surface area contributed by atoms with Gasteiger partial charge in [0.2, 0.25) is 5.75 Å². The summed E-state index contributed by atoms with van der Waals surface area (Å²) in [5, 5.41) is 24.8. The topological polar surface area (TPSA) is 114 Å². The Kier molecular flexibility index (Phi) is 6.15. The molecule has 130 valence electrons. The average molecular weight is 384 g/mol. The number of para-hydroxylation sites is 1. The number of carbonyl (C=O) groups is 1. The molecule has 0 aliphatic carbocycles. The summed E-state index contributed by atoms with van der Waals surface area (Å²) in [5.41, 5.74) is 1.78. The Balaban J connectivity index is 1.93. The molecule has 2 N–H and O–H groups in total. The lowest BCUT2D eigenvalue weighted by Gasteiger charge is -2.07. The van der Waals surface area contributed by atoms with Crippen molar-refractivity contribution in [3.8, 4) is 11.5 Å². The van der Waals surface area contributed by atoms with E-state index in [2.05, 4.69) is 10.5 Å². The number of nitrogens with one attached hydrogen (secondary N) is 1. The SMILES string of the molecule is O=C(COc1ccc(Cl)cc1Cl)N/N=C\c1cccc([N+](=O)[O-])c1O. The molecular formula is C15H11Cl2N3O5. The van der Waals surface area contributed by atoms with Crippen molar-refractivity contribution in [2.45, 2.75) is 0 Å². The highest BCUT2D eigenvalue weighted by Crippen LogP contribution is 2.28. The molecular weight excluding hydrogens is 373 g/mol. The number of phenolic OH excluding ortho intramolecular Hbond substituents is 1. The van der Waals surface area contributed by atoms with Crippen molar-refractivity contribution in [3.05, 3.63) is 62.1 Å². The molecule has 0 radical (unpaired) electrons. The van der Waals surface area contributed by atoms with Gasteiger partial charge in [0.25, 0.3) is 5.91 Å². The Bertz CT molecular complexity index is 842. The average Bonchev–Trinajstić information content (AvgIpc) is 2.55. The van der Waals surface area contributed by atoms with Gasteiger partial charge in [0.05, 0.1) is 16.2 Å². The van der Waals surface area contributed by atoms with Crippen molar-refractivity contribution >= 4 is 41.0 Å².